The number of thioether (sulfide) groups is 1. The Morgan fingerprint density at radius 2 is 1.96 bits per heavy atom. The van der Waals surface area contributed by atoms with E-state index in [9.17, 15) is 9.59 Å². The lowest BCUT2D eigenvalue weighted by Gasteiger charge is -2.12. The van der Waals surface area contributed by atoms with Gasteiger partial charge in [0.15, 0.2) is 0 Å². The van der Waals surface area contributed by atoms with E-state index in [1.54, 1.807) is 18.2 Å². The molecular weight excluding hydrogens is 334 g/mol. The number of para-hydroxylation sites is 1. The van der Waals surface area contributed by atoms with Gasteiger partial charge >= 0.3 is 0 Å². The van der Waals surface area contributed by atoms with Crippen molar-refractivity contribution in [1.82, 2.24) is 0 Å². The Morgan fingerprint density at radius 1 is 1.16 bits per heavy atom. The first-order chi connectivity index (χ1) is 12.1. The van der Waals surface area contributed by atoms with Gasteiger partial charge in [-0.25, -0.2) is 4.90 Å². The van der Waals surface area contributed by atoms with E-state index in [-0.39, 0.29) is 11.1 Å². The molecule has 0 aliphatic carbocycles. The number of carbonyl (C=O) groups is 2. The molecule has 126 valence electrons. The first-order valence-corrected chi connectivity index (χ1v) is 8.59. The fourth-order valence-corrected chi connectivity index (χ4v) is 3.31. The highest BCUT2D eigenvalue weighted by Gasteiger charge is 2.36. The molecule has 1 aliphatic rings. The molecule has 0 saturated carbocycles. The molecule has 25 heavy (non-hydrogen) atoms. The molecule has 2 aromatic carbocycles. The molecule has 1 fully saturated rings. The number of nitrogens with zero attached hydrogens (tertiary/aromatic N) is 1. The molecule has 3 rings (SSSR count). The molecule has 1 saturated heterocycles. The number of imide groups is 1. The van der Waals surface area contributed by atoms with Crippen molar-refractivity contribution in [3.05, 3.63) is 77.2 Å². The smallest absolute Gasteiger partial charge is 0.298 e. The number of anilines is 1. The van der Waals surface area contributed by atoms with Crippen molar-refractivity contribution >= 4 is 34.7 Å². The lowest BCUT2D eigenvalue weighted by atomic mass is 10.1. The van der Waals surface area contributed by atoms with Crippen LogP contribution in [-0.4, -0.2) is 17.8 Å². The molecule has 1 aliphatic heterocycles. The quantitative estimate of drug-likeness (QED) is 0.573. The third kappa shape index (κ3) is 3.67. The number of carbonyl (C=O) groups excluding carboxylic acids is 2. The van der Waals surface area contributed by atoms with E-state index in [1.165, 1.54) is 4.90 Å². The summed E-state index contributed by atoms with van der Waals surface area (Å²) in [7, 11) is 0. The summed E-state index contributed by atoms with van der Waals surface area (Å²) in [6.07, 6.45) is 3.35. The molecular formula is C20H17NO3S. The van der Waals surface area contributed by atoms with Crippen LogP contribution < -0.4 is 9.64 Å². The minimum Gasteiger partial charge on any atom is -0.489 e. The number of amides is 2. The Morgan fingerprint density at radius 3 is 2.72 bits per heavy atom. The van der Waals surface area contributed by atoms with Gasteiger partial charge in [-0.1, -0.05) is 43.0 Å². The summed E-state index contributed by atoms with van der Waals surface area (Å²) in [6.45, 7) is 5.92. The predicted octanol–water partition coefficient (Wildman–Crippen LogP) is 4.80. The van der Waals surface area contributed by atoms with Crippen LogP contribution in [0.1, 0.15) is 11.1 Å². The van der Waals surface area contributed by atoms with Crippen LogP contribution >= 0.6 is 11.8 Å². The van der Waals surface area contributed by atoms with Gasteiger partial charge in [0.05, 0.1) is 10.6 Å². The molecule has 4 nitrogen and oxygen atoms in total. The van der Waals surface area contributed by atoms with Crippen LogP contribution in [0.25, 0.3) is 6.08 Å². The van der Waals surface area contributed by atoms with Gasteiger partial charge in [0.25, 0.3) is 11.1 Å². The van der Waals surface area contributed by atoms with Gasteiger partial charge in [-0.05, 0) is 48.5 Å². The highest BCUT2D eigenvalue weighted by Crippen LogP contribution is 2.37. The summed E-state index contributed by atoms with van der Waals surface area (Å²) in [5.74, 6) is 0.323. The van der Waals surface area contributed by atoms with E-state index in [0.29, 0.717) is 22.9 Å². The zero-order chi connectivity index (χ0) is 17.8. The zero-order valence-electron chi connectivity index (χ0n) is 13.8. The largest absolute Gasteiger partial charge is 0.489 e. The second kappa shape index (κ2) is 7.40. The number of ether oxygens (including phenoxy) is 1. The van der Waals surface area contributed by atoms with Gasteiger partial charge in [0, 0.05) is 5.56 Å². The maximum Gasteiger partial charge on any atom is 0.298 e. The summed E-state index contributed by atoms with van der Waals surface area (Å²) in [5.41, 5.74) is 2.32. The summed E-state index contributed by atoms with van der Waals surface area (Å²) >= 11 is 0.933. The lowest BCUT2D eigenvalue weighted by molar-refractivity contribution is -0.113. The Bertz CT molecular complexity index is 873. The molecule has 2 amide bonds. The van der Waals surface area contributed by atoms with E-state index in [0.717, 1.165) is 22.9 Å². The first-order valence-electron chi connectivity index (χ1n) is 7.77. The van der Waals surface area contributed by atoms with E-state index >= 15 is 0 Å². The third-order valence-electron chi connectivity index (χ3n) is 3.62. The number of hydrogen-bond donors (Lipinski definition) is 0. The van der Waals surface area contributed by atoms with Gasteiger partial charge in [-0.2, -0.15) is 0 Å². The molecule has 0 N–H and O–H groups in total. The number of aryl methyl sites for hydroxylation is 1. The number of benzene rings is 2. The van der Waals surface area contributed by atoms with Crippen molar-refractivity contribution in [2.45, 2.75) is 6.92 Å². The fraction of sp³-hybridized carbons (Fsp3) is 0.100. The SMILES string of the molecule is C=CCOc1ccccc1/C=C1\SC(=O)N(c2cccc(C)c2)C1=O. The third-order valence-corrected chi connectivity index (χ3v) is 4.49. The summed E-state index contributed by atoms with van der Waals surface area (Å²) in [4.78, 5) is 26.6. The van der Waals surface area contributed by atoms with Crippen LogP contribution in [0.3, 0.4) is 0 Å². The minimum atomic E-state index is -0.320. The fourth-order valence-electron chi connectivity index (χ4n) is 2.48. The summed E-state index contributed by atoms with van der Waals surface area (Å²) < 4.78 is 5.60. The first kappa shape index (κ1) is 17.0. The monoisotopic (exact) mass is 351 g/mol. The predicted molar refractivity (Wildman–Crippen MR) is 102 cm³/mol. The highest BCUT2D eigenvalue weighted by atomic mass is 32.2. The Kier molecular flexibility index (Phi) is 5.05. The Labute approximate surface area is 150 Å². The lowest BCUT2D eigenvalue weighted by Crippen LogP contribution is -2.27. The zero-order valence-corrected chi connectivity index (χ0v) is 14.6. The van der Waals surface area contributed by atoms with E-state index in [4.69, 9.17) is 4.74 Å². The van der Waals surface area contributed by atoms with Gasteiger partial charge in [0.2, 0.25) is 0 Å². The van der Waals surface area contributed by atoms with Crippen molar-refractivity contribution in [2.75, 3.05) is 11.5 Å². The molecule has 5 heteroatoms. The van der Waals surface area contributed by atoms with E-state index in [2.05, 4.69) is 6.58 Å². The average molecular weight is 351 g/mol. The van der Waals surface area contributed by atoms with Crippen LogP contribution in [-0.2, 0) is 4.79 Å². The van der Waals surface area contributed by atoms with Gasteiger partial charge in [0.1, 0.15) is 12.4 Å². The van der Waals surface area contributed by atoms with Crippen molar-refractivity contribution in [3.8, 4) is 5.75 Å². The molecule has 0 radical (unpaired) electrons. The molecule has 2 aromatic rings. The molecule has 0 spiro atoms. The van der Waals surface area contributed by atoms with Gasteiger partial charge < -0.3 is 4.74 Å². The van der Waals surface area contributed by atoms with Crippen LogP contribution in [0.15, 0.2) is 66.1 Å². The van der Waals surface area contributed by atoms with E-state index < -0.39 is 0 Å². The van der Waals surface area contributed by atoms with Crippen LogP contribution in [0.2, 0.25) is 0 Å². The van der Waals surface area contributed by atoms with Crippen LogP contribution in [0, 0.1) is 6.92 Å². The van der Waals surface area contributed by atoms with Crippen molar-refractivity contribution < 1.29 is 14.3 Å². The maximum atomic E-state index is 12.7. The molecule has 0 atom stereocenters. The summed E-state index contributed by atoms with van der Waals surface area (Å²) in [5, 5.41) is -0.300. The average Bonchev–Trinajstić information content (AvgIpc) is 2.88. The topological polar surface area (TPSA) is 46.6 Å². The molecule has 1 heterocycles. The van der Waals surface area contributed by atoms with Crippen molar-refractivity contribution in [1.29, 1.82) is 0 Å². The second-order valence-corrected chi connectivity index (χ2v) is 6.49. The van der Waals surface area contributed by atoms with Gasteiger partial charge in [-0.15, -0.1) is 0 Å². The maximum absolute atomic E-state index is 12.7. The summed E-state index contributed by atoms with van der Waals surface area (Å²) in [6, 6.07) is 14.7. The molecule has 0 aromatic heterocycles. The van der Waals surface area contributed by atoms with E-state index in [1.807, 2.05) is 49.4 Å². The standard InChI is InChI=1S/C20H17NO3S/c1-3-11-24-17-10-5-4-8-15(17)13-18-19(22)21(20(23)25-18)16-9-6-7-14(2)12-16/h3-10,12-13H,1,11H2,2H3/b18-13-. The second-order valence-electron chi connectivity index (χ2n) is 5.49. The Balaban J connectivity index is 1.92. The van der Waals surface area contributed by atoms with Crippen LogP contribution in [0.5, 0.6) is 5.75 Å². The van der Waals surface area contributed by atoms with Crippen LogP contribution in [0.4, 0.5) is 10.5 Å². The highest BCUT2D eigenvalue weighted by molar-refractivity contribution is 8.19. The Hall–Kier alpha value is -2.79. The van der Waals surface area contributed by atoms with Crippen molar-refractivity contribution in [2.24, 2.45) is 0 Å². The number of rotatable bonds is 5. The molecule has 0 unspecified atom stereocenters. The van der Waals surface area contributed by atoms with Crippen molar-refractivity contribution in [3.63, 3.8) is 0 Å². The van der Waals surface area contributed by atoms with Gasteiger partial charge in [-0.3, -0.25) is 9.59 Å². The minimum absolute atomic E-state index is 0.300. The molecule has 0 bridgehead atoms. The normalized spacial score (nSPS) is 15.7. The number of hydrogen-bond acceptors (Lipinski definition) is 4.